The predicted octanol–water partition coefficient (Wildman–Crippen LogP) is 5.44. The van der Waals surface area contributed by atoms with Gasteiger partial charge in [-0.25, -0.2) is 0 Å². The summed E-state index contributed by atoms with van der Waals surface area (Å²) in [6.45, 7) is 4.65. The zero-order valence-corrected chi connectivity index (χ0v) is 18.3. The van der Waals surface area contributed by atoms with Gasteiger partial charge in [0.15, 0.2) is 5.78 Å². The summed E-state index contributed by atoms with van der Waals surface area (Å²) in [6.07, 6.45) is 8.64. The minimum absolute atomic E-state index is 0.0107. The van der Waals surface area contributed by atoms with E-state index in [-0.39, 0.29) is 21.9 Å². The molecule has 154 valence electrons. The van der Waals surface area contributed by atoms with Crippen molar-refractivity contribution in [1.29, 1.82) is 0 Å². The standard InChI is InChI=1S/C25H31NO2S/c1-24-12-11-19-17(18(24)9-10-22(24)28)8-7-15-13-16(27)14-23(25(15,19)2)29-21-6-4-3-5-20(21)26/h3-6,13,17-19,23H,7-12,14,26H2,1-2H3/t17-,18-,19-,23?,24-,25-/m0/s1. The normalized spacial score (nSPS) is 41.4. The van der Waals surface area contributed by atoms with E-state index < -0.39 is 0 Å². The molecule has 1 aromatic carbocycles. The minimum atomic E-state index is -0.101. The van der Waals surface area contributed by atoms with Crippen LogP contribution in [0.1, 0.15) is 58.8 Å². The van der Waals surface area contributed by atoms with Crippen LogP contribution in [-0.2, 0) is 9.59 Å². The van der Waals surface area contributed by atoms with Crippen LogP contribution in [-0.4, -0.2) is 16.8 Å². The molecule has 0 saturated heterocycles. The molecule has 3 saturated carbocycles. The highest BCUT2D eigenvalue weighted by atomic mass is 32.2. The maximum absolute atomic E-state index is 12.7. The monoisotopic (exact) mass is 409 g/mol. The number of hydrogen-bond donors (Lipinski definition) is 1. The van der Waals surface area contributed by atoms with E-state index in [0.717, 1.165) is 49.1 Å². The zero-order chi connectivity index (χ0) is 20.4. The maximum Gasteiger partial charge on any atom is 0.156 e. The number of carbonyl (C=O) groups is 2. The topological polar surface area (TPSA) is 60.2 Å². The summed E-state index contributed by atoms with van der Waals surface area (Å²) < 4.78 is 0. The fraction of sp³-hybridized carbons (Fsp3) is 0.600. The lowest BCUT2D eigenvalue weighted by molar-refractivity contribution is -0.132. The quantitative estimate of drug-likeness (QED) is 0.661. The van der Waals surface area contributed by atoms with Gasteiger partial charge in [0.25, 0.3) is 0 Å². The highest BCUT2D eigenvalue weighted by Crippen LogP contribution is 2.66. The summed E-state index contributed by atoms with van der Waals surface area (Å²) in [4.78, 5) is 26.4. The highest BCUT2D eigenvalue weighted by Gasteiger charge is 2.61. The van der Waals surface area contributed by atoms with E-state index in [2.05, 4.69) is 19.9 Å². The van der Waals surface area contributed by atoms with E-state index in [1.165, 1.54) is 5.57 Å². The largest absolute Gasteiger partial charge is 0.398 e. The molecule has 0 bridgehead atoms. The van der Waals surface area contributed by atoms with Crippen LogP contribution in [0.4, 0.5) is 5.69 Å². The first-order valence-electron chi connectivity index (χ1n) is 11.1. The van der Waals surface area contributed by atoms with Crippen molar-refractivity contribution in [1.82, 2.24) is 0 Å². The molecule has 0 aromatic heterocycles. The number of ketones is 2. The van der Waals surface area contributed by atoms with Crippen LogP contribution in [0.15, 0.2) is 40.8 Å². The Kier molecular flexibility index (Phi) is 4.51. The number of hydrogen-bond acceptors (Lipinski definition) is 4. The number of nitrogens with two attached hydrogens (primary N) is 1. The first-order valence-corrected chi connectivity index (χ1v) is 12.0. The van der Waals surface area contributed by atoms with E-state index in [4.69, 9.17) is 5.73 Å². The van der Waals surface area contributed by atoms with Crippen molar-refractivity contribution in [3.63, 3.8) is 0 Å². The molecule has 0 aliphatic heterocycles. The molecule has 4 heteroatoms. The lowest BCUT2D eigenvalue weighted by Gasteiger charge is -2.59. The van der Waals surface area contributed by atoms with Gasteiger partial charge in [-0.2, -0.15) is 0 Å². The van der Waals surface area contributed by atoms with Gasteiger partial charge < -0.3 is 5.73 Å². The molecular weight excluding hydrogens is 378 g/mol. The van der Waals surface area contributed by atoms with Gasteiger partial charge in [-0.3, -0.25) is 9.59 Å². The Morgan fingerprint density at radius 1 is 1.03 bits per heavy atom. The highest BCUT2D eigenvalue weighted by molar-refractivity contribution is 8.00. The maximum atomic E-state index is 12.7. The summed E-state index contributed by atoms with van der Waals surface area (Å²) in [5, 5.41) is 0.217. The number of thioether (sulfide) groups is 1. The van der Waals surface area contributed by atoms with Gasteiger partial charge in [0.1, 0.15) is 5.78 Å². The average molecular weight is 410 g/mol. The number of allylic oxidation sites excluding steroid dienone is 1. The van der Waals surface area contributed by atoms with Gasteiger partial charge in [0.2, 0.25) is 0 Å². The third-order valence-corrected chi connectivity index (χ3v) is 10.5. The molecule has 4 aliphatic carbocycles. The summed E-state index contributed by atoms with van der Waals surface area (Å²) in [5.41, 5.74) is 8.33. The van der Waals surface area contributed by atoms with Crippen molar-refractivity contribution < 1.29 is 9.59 Å². The second-order valence-electron chi connectivity index (χ2n) is 10.1. The predicted molar refractivity (Wildman–Crippen MR) is 118 cm³/mol. The van der Waals surface area contributed by atoms with Crippen LogP contribution in [0.2, 0.25) is 0 Å². The van der Waals surface area contributed by atoms with Crippen molar-refractivity contribution in [3.05, 3.63) is 35.9 Å². The molecule has 0 heterocycles. The smallest absolute Gasteiger partial charge is 0.156 e. The molecule has 1 aromatic rings. The summed E-state index contributed by atoms with van der Waals surface area (Å²) in [5.74, 6) is 2.44. The van der Waals surface area contributed by atoms with Crippen LogP contribution >= 0.6 is 11.8 Å². The number of benzene rings is 1. The number of fused-ring (bicyclic) bond motifs is 5. The van der Waals surface area contributed by atoms with Crippen LogP contribution in [0.5, 0.6) is 0 Å². The number of anilines is 1. The van der Waals surface area contributed by atoms with Gasteiger partial charge in [0, 0.05) is 39.5 Å². The molecule has 0 spiro atoms. The van der Waals surface area contributed by atoms with Crippen molar-refractivity contribution in [3.8, 4) is 0 Å². The number of nitrogen functional groups attached to an aromatic ring is 1. The second-order valence-corrected chi connectivity index (χ2v) is 11.3. The third kappa shape index (κ3) is 2.78. The van der Waals surface area contributed by atoms with E-state index in [0.29, 0.717) is 30.0 Å². The Labute approximate surface area is 177 Å². The van der Waals surface area contributed by atoms with Crippen LogP contribution in [0, 0.1) is 28.6 Å². The average Bonchev–Trinajstić information content (AvgIpc) is 2.99. The molecule has 29 heavy (non-hydrogen) atoms. The molecule has 3 nitrogen and oxygen atoms in total. The Hall–Kier alpha value is -1.55. The van der Waals surface area contributed by atoms with E-state index in [1.807, 2.05) is 24.3 Å². The molecule has 1 unspecified atom stereocenters. The third-order valence-electron chi connectivity index (χ3n) is 8.93. The van der Waals surface area contributed by atoms with E-state index in [1.54, 1.807) is 11.8 Å². The van der Waals surface area contributed by atoms with Gasteiger partial charge in [-0.15, -0.1) is 11.8 Å². The molecule has 0 radical (unpaired) electrons. The summed E-state index contributed by atoms with van der Waals surface area (Å²) in [7, 11) is 0. The van der Waals surface area contributed by atoms with Crippen LogP contribution in [0.3, 0.4) is 0 Å². The number of Topliss-reactive ketones (excluding diaryl/α,β-unsaturated/α-hetero) is 1. The van der Waals surface area contributed by atoms with Crippen molar-refractivity contribution in [2.75, 3.05) is 5.73 Å². The minimum Gasteiger partial charge on any atom is -0.398 e. The molecule has 3 fully saturated rings. The second kappa shape index (κ2) is 6.73. The van der Waals surface area contributed by atoms with Gasteiger partial charge >= 0.3 is 0 Å². The Morgan fingerprint density at radius 2 is 1.83 bits per heavy atom. The van der Waals surface area contributed by atoms with E-state index in [9.17, 15) is 9.59 Å². The van der Waals surface area contributed by atoms with Crippen LogP contribution < -0.4 is 5.73 Å². The lowest BCUT2D eigenvalue weighted by atomic mass is 9.47. The van der Waals surface area contributed by atoms with Crippen molar-refractivity contribution >= 4 is 29.0 Å². The summed E-state index contributed by atoms with van der Waals surface area (Å²) >= 11 is 1.81. The molecule has 5 rings (SSSR count). The summed E-state index contributed by atoms with van der Waals surface area (Å²) in [6, 6.07) is 8.03. The number of rotatable bonds is 2. The van der Waals surface area contributed by atoms with Gasteiger partial charge in [-0.05, 0) is 68.1 Å². The van der Waals surface area contributed by atoms with Gasteiger partial charge in [0.05, 0.1) is 0 Å². The molecule has 0 amide bonds. The first-order chi connectivity index (χ1) is 13.8. The fourth-order valence-electron chi connectivity index (χ4n) is 7.26. The molecular formula is C25H31NO2S. The first kappa shape index (κ1) is 19.4. The lowest BCUT2D eigenvalue weighted by Crippen LogP contribution is -2.54. The molecule has 6 atom stereocenters. The van der Waals surface area contributed by atoms with Crippen LogP contribution in [0.25, 0.3) is 0 Å². The molecule has 2 N–H and O–H groups in total. The Morgan fingerprint density at radius 3 is 2.62 bits per heavy atom. The zero-order valence-electron chi connectivity index (χ0n) is 17.4. The Balaban J connectivity index is 1.53. The van der Waals surface area contributed by atoms with Crippen molar-refractivity contribution in [2.45, 2.75) is 68.9 Å². The SMILES string of the molecule is C[C@]12CC[C@H]3[C@@H](CCC4=CC(=O)CC(Sc5ccccc5N)[C@@]43C)[C@@H]1CCC2=O. The van der Waals surface area contributed by atoms with Gasteiger partial charge in [-0.1, -0.05) is 31.6 Å². The number of carbonyl (C=O) groups excluding carboxylic acids is 2. The Bertz CT molecular complexity index is 908. The number of para-hydroxylation sites is 1. The van der Waals surface area contributed by atoms with E-state index >= 15 is 0 Å². The van der Waals surface area contributed by atoms with Crippen molar-refractivity contribution in [2.24, 2.45) is 28.6 Å². The fourth-order valence-corrected chi connectivity index (χ4v) is 8.75. The molecule has 4 aliphatic rings.